The number of benzene rings is 2. The normalized spacial score (nSPS) is 11.2. The molecule has 1 amide bonds. The molecular weight excluding hydrogens is 372 g/mol. The zero-order valence-electron chi connectivity index (χ0n) is 16.7. The van der Waals surface area contributed by atoms with Gasteiger partial charge in [0, 0.05) is 22.0 Å². The Balaban J connectivity index is 1.84. The first-order valence-corrected chi connectivity index (χ1v) is 9.80. The molecular formula is C22H24N2O3S. The number of anilines is 1. The Labute approximate surface area is 169 Å². The maximum absolute atomic E-state index is 12.1. The van der Waals surface area contributed by atoms with Crippen molar-refractivity contribution in [3.63, 3.8) is 0 Å². The second-order valence-electron chi connectivity index (χ2n) is 7.36. The van der Waals surface area contributed by atoms with Crippen molar-refractivity contribution in [2.75, 3.05) is 19.5 Å². The van der Waals surface area contributed by atoms with Gasteiger partial charge in [0.1, 0.15) is 5.01 Å². The third-order valence-electron chi connectivity index (χ3n) is 4.26. The minimum Gasteiger partial charge on any atom is -0.493 e. The molecule has 0 spiro atoms. The van der Waals surface area contributed by atoms with Crippen LogP contribution in [0.25, 0.3) is 21.8 Å². The predicted octanol–water partition coefficient (Wildman–Crippen LogP) is 5.48. The first-order chi connectivity index (χ1) is 13.3. The lowest BCUT2D eigenvalue weighted by atomic mass is 9.95. The lowest BCUT2D eigenvalue weighted by molar-refractivity contribution is -0.123. The van der Waals surface area contributed by atoms with Crippen molar-refractivity contribution in [1.29, 1.82) is 0 Å². The summed E-state index contributed by atoms with van der Waals surface area (Å²) in [6, 6.07) is 13.5. The van der Waals surface area contributed by atoms with Gasteiger partial charge in [-0.1, -0.05) is 39.0 Å². The summed E-state index contributed by atoms with van der Waals surface area (Å²) in [7, 11) is 3.25. The van der Waals surface area contributed by atoms with E-state index in [-0.39, 0.29) is 5.91 Å². The highest BCUT2D eigenvalue weighted by molar-refractivity contribution is 7.13. The van der Waals surface area contributed by atoms with Crippen LogP contribution in [0.2, 0.25) is 0 Å². The van der Waals surface area contributed by atoms with Gasteiger partial charge >= 0.3 is 0 Å². The van der Waals surface area contributed by atoms with Gasteiger partial charge in [0.05, 0.1) is 25.5 Å². The van der Waals surface area contributed by atoms with Crippen LogP contribution in [0.5, 0.6) is 11.5 Å². The summed E-state index contributed by atoms with van der Waals surface area (Å²) in [5.41, 5.74) is 3.09. The zero-order chi connectivity index (χ0) is 20.3. The van der Waals surface area contributed by atoms with Gasteiger partial charge < -0.3 is 14.8 Å². The number of amides is 1. The number of carbonyl (C=O) groups is 1. The number of methoxy groups -OCH3 is 2. The first-order valence-electron chi connectivity index (χ1n) is 8.92. The molecule has 0 aliphatic carbocycles. The van der Waals surface area contributed by atoms with Crippen LogP contribution in [0.3, 0.4) is 0 Å². The molecule has 0 unspecified atom stereocenters. The molecule has 3 rings (SSSR count). The lowest BCUT2D eigenvalue weighted by Gasteiger charge is -2.17. The number of hydrogen-bond donors (Lipinski definition) is 1. The number of para-hydroxylation sites is 1. The molecule has 1 N–H and O–H groups in total. The van der Waals surface area contributed by atoms with E-state index in [1.54, 1.807) is 25.6 Å². The van der Waals surface area contributed by atoms with E-state index in [0.29, 0.717) is 11.5 Å². The molecule has 0 saturated carbocycles. The van der Waals surface area contributed by atoms with E-state index in [4.69, 9.17) is 14.5 Å². The SMILES string of the molecule is COc1cccc(-c2nc(-c3ccc(NC(=O)C(C)(C)C)cc3)cs2)c1OC. The highest BCUT2D eigenvalue weighted by Gasteiger charge is 2.21. The van der Waals surface area contributed by atoms with E-state index in [0.717, 1.165) is 27.5 Å². The summed E-state index contributed by atoms with van der Waals surface area (Å²) in [6.45, 7) is 5.67. The zero-order valence-corrected chi connectivity index (χ0v) is 17.5. The van der Waals surface area contributed by atoms with Crippen molar-refractivity contribution in [2.45, 2.75) is 20.8 Å². The second kappa shape index (κ2) is 8.02. The van der Waals surface area contributed by atoms with Gasteiger partial charge in [-0.05, 0) is 24.3 Å². The topological polar surface area (TPSA) is 60.5 Å². The van der Waals surface area contributed by atoms with E-state index in [9.17, 15) is 4.79 Å². The van der Waals surface area contributed by atoms with Crippen LogP contribution >= 0.6 is 11.3 Å². The van der Waals surface area contributed by atoms with Crippen molar-refractivity contribution >= 4 is 22.9 Å². The van der Waals surface area contributed by atoms with E-state index in [1.807, 2.05) is 68.6 Å². The molecule has 0 saturated heterocycles. The first kappa shape index (κ1) is 19.9. The van der Waals surface area contributed by atoms with Crippen molar-refractivity contribution < 1.29 is 14.3 Å². The molecule has 1 aromatic heterocycles. The largest absolute Gasteiger partial charge is 0.493 e. The average Bonchev–Trinajstić information content (AvgIpc) is 3.17. The number of nitrogens with one attached hydrogen (secondary N) is 1. The molecule has 6 heteroatoms. The van der Waals surface area contributed by atoms with Crippen LogP contribution in [0.4, 0.5) is 5.69 Å². The van der Waals surface area contributed by atoms with Gasteiger partial charge in [0.25, 0.3) is 0 Å². The Kier molecular flexibility index (Phi) is 5.70. The summed E-state index contributed by atoms with van der Waals surface area (Å²) in [5.74, 6) is 1.34. The Morgan fingerprint density at radius 3 is 2.36 bits per heavy atom. The van der Waals surface area contributed by atoms with Crippen LogP contribution in [0.15, 0.2) is 47.8 Å². The fourth-order valence-electron chi connectivity index (χ4n) is 2.63. The Morgan fingerprint density at radius 1 is 1.04 bits per heavy atom. The number of hydrogen-bond acceptors (Lipinski definition) is 5. The highest BCUT2D eigenvalue weighted by Crippen LogP contribution is 2.40. The molecule has 0 bridgehead atoms. The monoisotopic (exact) mass is 396 g/mol. The summed E-state index contributed by atoms with van der Waals surface area (Å²) >= 11 is 1.55. The van der Waals surface area contributed by atoms with Gasteiger partial charge in [-0.15, -0.1) is 11.3 Å². The molecule has 0 aliphatic heterocycles. The number of aromatic nitrogens is 1. The molecule has 146 valence electrons. The number of rotatable bonds is 5. The summed E-state index contributed by atoms with van der Waals surface area (Å²) in [6.07, 6.45) is 0. The standard InChI is InChI=1S/C22H24N2O3S/c1-22(2,3)21(25)23-15-11-9-14(10-12-15)17-13-28-20(24-17)16-7-6-8-18(26-4)19(16)27-5/h6-13H,1-5H3,(H,23,25). The van der Waals surface area contributed by atoms with E-state index < -0.39 is 5.41 Å². The molecule has 0 radical (unpaired) electrons. The third kappa shape index (κ3) is 4.17. The Hall–Kier alpha value is -2.86. The predicted molar refractivity (Wildman–Crippen MR) is 114 cm³/mol. The molecule has 0 atom stereocenters. The van der Waals surface area contributed by atoms with E-state index in [2.05, 4.69) is 5.32 Å². The van der Waals surface area contributed by atoms with Crippen molar-refractivity contribution in [1.82, 2.24) is 4.98 Å². The number of carbonyl (C=O) groups excluding carboxylic acids is 1. The Morgan fingerprint density at radius 2 is 1.75 bits per heavy atom. The van der Waals surface area contributed by atoms with Gasteiger partial charge in [0.2, 0.25) is 5.91 Å². The van der Waals surface area contributed by atoms with Crippen molar-refractivity contribution in [3.05, 3.63) is 47.8 Å². The second-order valence-corrected chi connectivity index (χ2v) is 8.22. The molecule has 2 aromatic carbocycles. The molecule has 3 aromatic rings. The fourth-order valence-corrected chi connectivity index (χ4v) is 3.48. The minimum atomic E-state index is -0.432. The summed E-state index contributed by atoms with van der Waals surface area (Å²) in [4.78, 5) is 16.9. The number of thiazole rings is 1. The number of ether oxygens (including phenoxy) is 2. The van der Waals surface area contributed by atoms with E-state index in [1.165, 1.54) is 0 Å². The lowest BCUT2D eigenvalue weighted by Crippen LogP contribution is -2.27. The van der Waals surface area contributed by atoms with Gasteiger partial charge in [-0.3, -0.25) is 4.79 Å². The molecule has 1 heterocycles. The Bertz CT molecular complexity index is 972. The summed E-state index contributed by atoms with van der Waals surface area (Å²) < 4.78 is 10.9. The smallest absolute Gasteiger partial charge is 0.229 e. The van der Waals surface area contributed by atoms with Crippen molar-refractivity contribution in [3.8, 4) is 33.3 Å². The molecule has 5 nitrogen and oxygen atoms in total. The van der Waals surface area contributed by atoms with Crippen LogP contribution < -0.4 is 14.8 Å². The fraction of sp³-hybridized carbons (Fsp3) is 0.273. The van der Waals surface area contributed by atoms with Gasteiger partial charge in [-0.25, -0.2) is 4.98 Å². The van der Waals surface area contributed by atoms with Gasteiger partial charge in [0.15, 0.2) is 11.5 Å². The maximum Gasteiger partial charge on any atom is 0.229 e. The van der Waals surface area contributed by atoms with Crippen LogP contribution in [0, 0.1) is 5.41 Å². The molecule has 0 fully saturated rings. The van der Waals surface area contributed by atoms with Crippen molar-refractivity contribution in [2.24, 2.45) is 5.41 Å². The highest BCUT2D eigenvalue weighted by atomic mass is 32.1. The molecule has 28 heavy (non-hydrogen) atoms. The quantitative estimate of drug-likeness (QED) is 0.620. The maximum atomic E-state index is 12.1. The molecule has 0 aliphatic rings. The van der Waals surface area contributed by atoms with Crippen LogP contribution in [0.1, 0.15) is 20.8 Å². The average molecular weight is 397 g/mol. The number of nitrogens with zero attached hydrogens (tertiary/aromatic N) is 1. The minimum absolute atomic E-state index is 0.0127. The van der Waals surface area contributed by atoms with Crippen LogP contribution in [-0.4, -0.2) is 25.1 Å². The van der Waals surface area contributed by atoms with Gasteiger partial charge in [-0.2, -0.15) is 0 Å². The van der Waals surface area contributed by atoms with E-state index >= 15 is 0 Å². The summed E-state index contributed by atoms with van der Waals surface area (Å²) in [5, 5.41) is 5.80. The van der Waals surface area contributed by atoms with Crippen LogP contribution in [-0.2, 0) is 4.79 Å². The third-order valence-corrected chi connectivity index (χ3v) is 5.13.